The maximum Gasteiger partial charge on any atom is 0.573 e. The molecule has 46 heavy (non-hydrogen) atoms. The second-order valence-corrected chi connectivity index (χ2v) is 11.4. The first-order valence-corrected chi connectivity index (χ1v) is 15.9. The average Bonchev–Trinajstić information content (AvgIpc) is 3.06. The minimum atomic E-state index is -4.65. The van der Waals surface area contributed by atoms with Crippen molar-refractivity contribution in [2.75, 3.05) is 30.1 Å². The molecule has 0 spiro atoms. The normalized spacial score (nSPS) is 13.9. The number of carbonyl (C=O) groups excluding carboxylic acids is 2. The van der Waals surface area contributed by atoms with Crippen LogP contribution in [0.15, 0.2) is 71.6 Å². The first kappa shape index (κ1) is 36.2. The summed E-state index contributed by atoms with van der Waals surface area (Å²) in [4.78, 5) is 36.4. The lowest BCUT2D eigenvalue weighted by Gasteiger charge is -2.23. The van der Waals surface area contributed by atoms with Gasteiger partial charge in [-0.25, -0.2) is 4.79 Å². The van der Waals surface area contributed by atoms with Crippen LogP contribution in [0.4, 0.5) is 24.5 Å². The monoisotopic (exact) mass is 661 g/mol. The van der Waals surface area contributed by atoms with E-state index in [-0.39, 0.29) is 12.3 Å². The number of amides is 2. The van der Waals surface area contributed by atoms with Gasteiger partial charge in [0, 0.05) is 24.0 Å². The van der Waals surface area contributed by atoms with Crippen molar-refractivity contribution >= 4 is 41.4 Å². The highest BCUT2D eigenvalue weighted by Gasteiger charge is 2.32. The van der Waals surface area contributed by atoms with Gasteiger partial charge in [-0.1, -0.05) is 43.5 Å². The molecule has 0 saturated heterocycles. The van der Waals surface area contributed by atoms with E-state index in [1.54, 1.807) is 48.5 Å². The van der Waals surface area contributed by atoms with Gasteiger partial charge in [-0.2, -0.15) is 0 Å². The van der Waals surface area contributed by atoms with Crippen LogP contribution < -0.4 is 20.3 Å². The Balaban J connectivity index is 0.000000322. The third-order valence-electron chi connectivity index (χ3n) is 7.42. The number of carboxylic acid groups (broad SMARTS) is 1. The van der Waals surface area contributed by atoms with E-state index >= 15 is 0 Å². The van der Waals surface area contributed by atoms with E-state index < -0.39 is 24.3 Å². The molecule has 3 aromatic carbocycles. The highest BCUT2D eigenvalue weighted by molar-refractivity contribution is 7.98. The van der Waals surface area contributed by atoms with Crippen molar-refractivity contribution in [3.05, 3.63) is 83.4 Å². The van der Waals surface area contributed by atoms with Crippen LogP contribution in [0.5, 0.6) is 5.75 Å². The second-order valence-electron chi connectivity index (χ2n) is 10.6. The quantitative estimate of drug-likeness (QED) is 0.129. The number of anilines is 2. The van der Waals surface area contributed by atoms with Gasteiger partial charge in [0.05, 0.1) is 18.0 Å². The van der Waals surface area contributed by atoms with Crippen molar-refractivity contribution in [2.24, 2.45) is 0 Å². The minimum Gasteiger partial charge on any atom is -0.479 e. The summed E-state index contributed by atoms with van der Waals surface area (Å²) in [5, 5.41) is 23.1. The van der Waals surface area contributed by atoms with Crippen LogP contribution in [0.3, 0.4) is 0 Å². The molecule has 13 heteroatoms. The zero-order valence-electron chi connectivity index (χ0n) is 25.5. The number of aliphatic hydroxyl groups is 1. The number of carboxylic acids is 1. The van der Waals surface area contributed by atoms with Crippen molar-refractivity contribution in [1.82, 2.24) is 5.32 Å². The number of ether oxygens (including phenoxy) is 1. The van der Waals surface area contributed by atoms with E-state index in [0.717, 1.165) is 23.3 Å². The highest BCUT2D eigenvalue weighted by Crippen LogP contribution is 2.35. The molecular formula is C33H38F3N3O6S. The van der Waals surface area contributed by atoms with E-state index in [1.165, 1.54) is 61.6 Å². The van der Waals surface area contributed by atoms with Gasteiger partial charge in [0.2, 0.25) is 6.41 Å². The first-order chi connectivity index (χ1) is 21.9. The Bertz CT molecular complexity index is 1430. The zero-order valence-corrected chi connectivity index (χ0v) is 26.4. The number of aliphatic carboxylic acids is 1. The topological polar surface area (TPSA) is 128 Å². The molecule has 0 bridgehead atoms. The van der Waals surface area contributed by atoms with Gasteiger partial charge in [-0.05, 0) is 78.6 Å². The average molecular weight is 662 g/mol. The number of nitrogens with zero attached hydrogens (tertiary/aromatic N) is 1. The maximum atomic E-state index is 12.1. The van der Waals surface area contributed by atoms with E-state index in [0.29, 0.717) is 22.9 Å². The molecule has 9 nitrogen and oxygen atoms in total. The molecule has 4 rings (SSSR count). The zero-order chi connectivity index (χ0) is 33.7. The Hall–Kier alpha value is -4.23. The number of aliphatic hydroxyl groups excluding tert-OH is 1. The molecule has 1 atom stereocenters. The predicted octanol–water partition coefficient (Wildman–Crippen LogP) is 6.42. The van der Waals surface area contributed by atoms with Crippen LogP contribution in [0.1, 0.15) is 59.5 Å². The summed E-state index contributed by atoms with van der Waals surface area (Å²) in [5.41, 5.74) is 4.09. The molecule has 248 valence electrons. The molecule has 1 aliphatic carbocycles. The van der Waals surface area contributed by atoms with Gasteiger partial charge >= 0.3 is 12.3 Å². The summed E-state index contributed by atoms with van der Waals surface area (Å²) in [7, 11) is 1.70. The molecule has 1 saturated carbocycles. The van der Waals surface area contributed by atoms with Gasteiger partial charge in [0.15, 0.2) is 6.10 Å². The molecule has 0 aliphatic heterocycles. The third kappa shape index (κ3) is 11.3. The lowest BCUT2D eigenvalue weighted by Crippen LogP contribution is -2.36. The Morgan fingerprint density at radius 1 is 1.04 bits per heavy atom. The molecule has 2 amide bonds. The number of rotatable bonds is 12. The smallest absolute Gasteiger partial charge is 0.479 e. The van der Waals surface area contributed by atoms with Crippen LogP contribution in [-0.2, 0) is 16.1 Å². The van der Waals surface area contributed by atoms with Crippen molar-refractivity contribution < 1.29 is 42.5 Å². The molecular weight excluding hydrogens is 623 g/mol. The standard InChI is InChI=1S/C24H28N2O5.C9H10F3NOS/c27-16-26(21-12-10-19(11-13-21)18-4-2-1-3-5-18)15-17-6-8-20(9-7-17)23(29)25-14-22(28)24(30)31;1-13-6-3-4-7(8(5-6)15-2)14-9(10,11)12/h6-13,16,18,22,28H,1-5,14-15H2,(H,25,29)(H,30,31);3-5,13H,1-2H3. The van der Waals surface area contributed by atoms with E-state index in [1.807, 2.05) is 12.1 Å². The van der Waals surface area contributed by atoms with Crippen LogP contribution in [0.2, 0.25) is 0 Å². The van der Waals surface area contributed by atoms with E-state index in [9.17, 15) is 32.7 Å². The van der Waals surface area contributed by atoms with Crippen molar-refractivity contribution in [1.29, 1.82) is 0 Å². The fraction of sp³-hybridized carbons (Fsp3) is 0.364. The van der Waals surface area contributed by atoms with E-state index in [2.05, 4.69) is 27.5 Å². The van der Waals surface area contributed by atoms with Crippen LogP contribution >= 0.6 is 11.8 Å². The van der Waals surface area contributed by atoms with Crippen molar-refractivity contribution in [3.63, 3.8) is 0 Å². The number of carbonyl (C=O) groups is 3. The second kappa shape index (κ2) is 17.5. The highest BCUT2D eigenvalue weighted by atomic mass is 32.2. The number of halogens is 3. The fourth-order valence-electron chi connectivity index (χ4n) is 4.93. The number of nitrogens with one attached hydrogen (secondary N) is 2. The summed E-state index contributed by atoms with van der Waals surface area (Å²) in [6.07, 6.45) is 2.53. The molecule has 1 aliphatic rings. The lowest BCUT2D eigenvalue weighted by atomic mass is 9.84. The predicted molar refractivity (Wildman–Crippen MR) is 171 cm³/mol. The third-order valence-corrected chi connectivity index (χ3v) is 8.18. The summed E-state index contributed by atoms with van der Waals surface area (Å²) < 4.78 is 39.9. The van der Waals surface area contributed by atoms with Crippen LogP contribution in [-0.4, -0.2) is 60.8 Å². The Morgan fingerprint density at radius 2 is 1.70 bits per heavy atom. The van der Waals surface area contributed by atoms with Gasteiger partial charge in [0.25, 0.3) is 5.91 Å². The molecule has 4 N–H and O–H groups in total. The maximum absolute atomic E-state index is 12.1. The summed E-state index contributed by atoms with van der Waals surface area (Å²) in [5.74, 6) is -1.43. The molecule has 0 aromatic heterocycles. The first-order valence-electron chi connectivity index (χ1n) is 14.7. The van der Waals surface area contributed by atoms with Gasteiger partial charge in [-0.3, -0.25) is 9.59 Å². The number of benzene rings is 3. The Labute approximate surface area is 270 Å². The summed E-state index contributed by atoms with van der Waals surface area (Å²) >= 11 is 1.20. The lowest BCUT2D eigenvalue weighted by molar-refractivity contribution is -0.275. The number of alkyl halides is 3. The SMILES string of the molecule is CNc1ccc(OC(F)(F)F)c(SC)c1.O=CN(Cc1ccc(C(=O)NCC(O)C(=O)O)cc1)c1ccc(C2CCCCC2)cc1. The number of thioether (sulfide) groups is 1. The molecule has 3 aromatic rings. The molecule has 1 unspecified atom stereocenters. The largest absolute Gasteiger partial charge is 0.573 e. The number of hydrogen-bond donors (Lipinski definition) is 4. The molecule has 0 radical (unpaired) electrons. The fourth-order valence-corrected chi connectivity index (χ4v) is 5.49. The Kier molecular flexibility index (Phi) is 13.8. The summed E-state index contributed by atoms with van der Waals surface area (Å²) in [6, 6.07) is 19.3. The minimum absolute atomic E-state index is 0.172. The van der Waals surface area contributed by atoms with Crippen LogP contribution in [0, 0.1) is 0 Å². The van der Waals surface area contributed by atoms with Gasteiger partial charge in [-0.15, -0.1) is 24.9 Å². The van der Waals surface area contributed by atoms with Crippen molar-refractivity contribution in [2.45, 2.75) is 61.9 Å². The molecule has 1 fully saturated rings. The van der Waals surface area contributed by atoms with Crippen molar-refractivity contribution in [3.8, 4) is 5.75 Å². The van der Waals surface area contributed by atoms with Gasteiger partial charge in [0.1, 0.15) is 5.75 Å². The number of hydrogen-bond acceptors (Lipinski definition) is 7. The summed E-state index contributed by atoms with van der Waals surface area (Å²) in [6.45, 7) is -0.00239. The Morgan fingerprint density at radius 3 is 2.24 bits per heavy atom. The molecule has 0 heterocycles. The van der Waals surface area contributed by atoms with E-state index in [4.69, 9.17) is 5.11 Å². The van der Waals surface area contributed by atoms with Crippen LogP contribution in [0.25, 0.3) is 0 Å². The van der Waals surface area contributed by atoms with Gasteiger partial charge < -0.3 is 30.5 Å².